The summed E-state index contributed by atoms with van der Waals surface area (Å²) in [7, 11) is -2.01. The Labute approximate surface area is 171 Å². The average molecular weight is 425 g/mol. The summed E-state index contributed by atoms with van der Waals surface area (Å²) in [5.74, 6) is -0.475. The predicted molar refractivity (Wildman–Crippen MR) is 108 cm³/mol. The van der Waals surface area contributed by atoms with Crippen LogP contribution < -0.4 is 5.32 Å². The zero-order valence-electron chi connectivity index (χ0n) is 16.8. The summed E-state index contributed by atoms with van der Waals surface area (Å²) in [5.41, 5.74) is 0.866. The van der Waals surface area contributed by atoms with Crippen LogP contribution in [-0.4, -0.2) is 59.2 Å². The smallest absolute Gasteiger partial charge is 0.262 e. The number of aliphatic hydroxyl groups excluding tert-OH is 1. The number of imidazole rings is 1. The highest BCUT2D eigenvalue weighted by molar-refractivity contribution is 7.89. The topological polar surface area (TPSA) is 87.5 Å². The first-order chi connectivity index (χ1) is 13.8. The molecule has 0 aliphatic carbocycles. The van der Waals surface area contributed by atoms with Crippen LogP contribution in [0.5, 0.6) is 0 Å². The Kier molecular flexibility index (Phi) is 7.05. The third-order valence-corrected chi connectivity index (χ3v) is 7.09. The molecule has 1 unspecified atom stereocenters. The molecule has 0 radical (unpaired) electrons. The van der Waals surface area contributed by atoms with E-state index >= 15 is 0 Å². The van der Waals surface area contributed by atoms with E-state index < -0.39 is 16.1 Å². The first-order valence-corrected chi connectivity index (χ1v) is 11.4. The van der Waals surface area contributed by atoms with Crippen LogP contribution in [0.4, 0.5) is 4.39 Å². The van der Waals surface area contributed by atoms with Crippen molar-refractivity contribution in [3.63, 3.8) is 0 Å². The first kappa shape index (κ1) is 21.9. The standard InChI is InChI=1S/C20H29FN4O3S/c1-3-4-5-17(26)10-22-19-12-25(29(27,28)20-13-24(2)14-23-20)11-18(19)15-6-8-16(21)9-7-15/h6-9,13-14,17-19,22,26H,3-5,10-12H2,1-2H3/t17?,18-,19+/m1/s1. The van der Waals surface area contributed by atoms with Crippen LogP contribution in [-0.2, 0) is 17.1 Å². The predicted octanol–water partition coefficient (Wildman–Crippen LogP) is 1.86. The van der Waals surface area contributed by atoms with Crippen molar-refractivity contribution in [3.05, 3.63) is 48.2 Å². The molecule has 1 saturated heterocycles. The van der Waals surface area contributed by atoms with E-state index in [9.17, 15) is 17.9 Å². The Morgan fingerprint density at radius 1 is 1.31 bits per heavy atom. The van der Waals surface area contributed by atoms with Gasteiger partial charge < -0.3 is 15.0 Å². The van der Waals surface area contributed by atoms with Gasteiger partial charge in [0.2, 0.25) is 0 Å². The van der Waals surface area contributed by atoms with E-state index in [1.165, 1.54) is 29.0 Å². The van der Waals surface area contributed by atoms with Gasteiger partial charge in [0.05, 0.1) is 12.4 Å². The van der Waals surface area contributed by atoms with E-state index in [0.717, 1.165) is 18.4 Å². The van der Waals surface area contributed by atoms with Crippen LogP contribution in [0.25, 0.3) is 0 Å². The normalized spacial score (nSPS) is 21.5. The molecule has 2 N–H and O–H groups in total. The lowest BCUT2D eigenvalue weighted by atomic mass is 9.94. The van der Waals surface area contributed by atoms with Crippen molar-refractivity contribution >= 4 is 10.0 Å². The van der Waals surface area contributed by atoms with Crippen molar-refractivity contribution < 1.29 is 17.9 Å². The van der Waals surface area contributed by atoms with Gasteiger partial charge in [-0.1, -0.05) is 31.9 Å². The van der Waals surface area contributed by atoms with E-state index in [1.54, 1.807) is 23.7 Å². The fourth-order valence-corrected chi connectivity index (χ4v) is 5.16. The second-order valence-corrected chi connectivity index (χ2v) is 9.55. The summed E-state index contributed by atoms with van der Waals surface area (Å²) in [4.78, 5) is 4.00. The molecule has 0 amide bonds. The fraction of sp³-hybridized carbons (Fsp3) is 0.550. The Morgan fingerprint density at radius 2 is 2.03 bits per heavy atom. The number of rotatable bonds is 9. The van der Waals surface area contributed by atoms with Crippen molar-refractivity contribution in [2.45, 2.75) is 49.3 Å². The molecule has 7 nitrogen and oxygen atoms in total. The van der Waals surface area contributed by atoms with Crippen LogP contribution in [0.15, 0.2) is 41.8 Å². The highest BCUT2D eigenvalue weighted by Crippen LogP contribution is 2.31. The zero-order chi connectivity index (χ0) is 21.0. The van der Waals surface area contributed by atoms with Crippen LogP contribution >= 0.6 is 0 Å². The minimum absolute atomic E-state index is 0.0153. The maximum absolute atomic E-state index is 13.4. The highest BCUT2D eigenvalue weighted by atomic mass is 32.2. The number of nitrogens with one attached hydrogen (secondary N) is 1. The number of hydrogen-bond acceptors (Lipinski definition) is 5. The van der Waals surface area contributed by atoms with Crippen LogP contribution in [0.1, 0.15) is 37.7 Å². The molecule has 2 aromatic rings. The van der Waals surface area contributed by atoms with Gasteiger partial charge in [0, 0.05) is 44.8 Å². The Bertz CT molecular complexity index is 901. The van der Waals surface area contributed by atoms with E-state index in [2.05, 4.69) is 17.2 Å². The second-order valence-electron chi connectivity index (χ2n) is 7.67. The quantitative estimate of drug-likeness (QED) is 0.642. The Hall–Kier alpha value is -1.81. The van der Waals surface area contributed by atoms with E-state index in [0.29, 0.717) is 13.0 Å². The zero-order valence-corrected chi connectivity index (χ0v) is 17.6. The third-order valence-electron chi connectivity index (χ3n) is 5.38. The molecule has 1 aliphatic heterocycles. The lowest BCUT2D eigenvalue weighted by molar-refractivity contribution is 0.154. The van der Waals surface area contributed by atoms with Gasteiger partial charge in [-0.25, -0.2) is 17.8 Å². The number of sulfonamides is 1. The maximum atomic E-state index is 13.4. The van der Waals surface area contributed by atoms with Crippen molar-refractivity contribution in [3.8, 4) is 0 Å². The first-order valence-electron chi connectivity index (χ1n) is 9.96. The molecule has 0 saturated carbocycles. The third kappa shape index (κ3) is 5.22. The molecular weight excluding hydrogens is 395 g/mol. The number of nitrogens with zero attached hydrogens (tertiary/aromatic N) is 3. The number of unbranched alkanes of at least 4 members (excludes halogenated alkanes) is 1. The number of aromatic nitrogens is 2. The van der Waals surface area contributed by atoms with Crippen molar-refractivity contribution in [1.29, 1.82) is 0 Å². The van der Waals surface area contributed by atoms with Gasteiger partial charge in [0.1, 0.15) is 5.82 Å². The fourth-order valence-electron chi connectivity index (χ4n) is 3.70. The second kappa shape index (κ2) is 9.34. The molecule has 9 heteroatoms. The number of aliphatic hydroxyl groups is 1. The highest BCUT2D eigenvalue weighted by Gasteiger charge is 2.40. The summed E-state index contributed by atoms with van der Waals surface area (Å²) >= 11 is 0. The molecule has 0 spiro atoms. The number of hydrogen-bond donors (Lipinski definition) is 2. The van der Waals surface area contributed by atoms with E-state index in [1.807, 2.05) is 0 Å². The molecule has 29 heavy (non-hydrogen) atoms. The van der Waals surface area contributed by atoms with Gasteiger partial charge in [0.15, 0.2) is 5.03 Å². The van der Waals surface area contributed by atoms with Crippen molar-refractivity contribution in [2.24, 2.45) is 7.05 Å². The molecule has 3 atom stereocenters. The largest absolute Gasteiger partial charge is 0.392 e. The van der Waals surface area contributed by atoms with Crippen molar-refractivity contribution in [1.82, 2.24) is 19.2 Å². The lowest BCUT2D eigenvalue weighted by Crippen LogP contribution is -2.40. The van der Waals surface area contributed by atoms with E-state index in [4.69, 9.17) is 0 Å². The summed E-state index contributed by atoms with van der Waals surface area (Å²) in [6.45, 7) is 3.00. The number of benzene rings is 1. The number of halogens is 1. The molecule has 1 aromatic carbocycles. The molecule has 1 fully saturated rings. The van der Waals surface area contributed by atoms with Gasteiger partial charge in [-0.05, 0) is 24.1 Å². The Balaban J connectivity index is 1.79. The van der Waals surface area contributed by atoms with Crippen LogP contribution in [0.3, 0.4) is 0 Å². The molecule has 160 valence electrons. The summed E-state index contributed by atoms with van der Waals surface area (Å²) in [6.07, 6.45) is 5.11. The average Bonchev–Trinajstić information content (AvgIpc) is 3.32. The molecule has 0 bridgehead atoms. The molecular formula is C20H29FN4O3S. The lowest BCUT2D eigenvalue weighted by Gasteiger charge is -2.22. The summed E-state index contributed by atoms with van der Waals surface area (Å²) in [5, 5.41) is 13.5. The van der Waals surface area contributed by atoms with Gasteiger partial charge in [0.25, 0.3) is 10.0 Å². The SMILES string of the molecule is CCCCC(O)CN[C@H]1CN(S(=O)(=O)c2cn(C)cn2)C[C@@H]1c1ccc(F)cc1. The van der Waals surface area contributed by atoms with Gasteiger partial charge in [-0.3, -0.25) is 0 Å². The van der Waals surface area contributed by atoms with Gasteiger partial charge in [-0.2, -0.15) is 4.31 Å². The van der Waals surface area contributed by atoms with Crippen molar-refractivity contribution in [2.75, 3.05) is 19.6 Å². The molecule has 3 rings (SSSR count). The Morgan fingerprint density at radius 3 is 2.66 bits per heavy atom. The maximum Gasteiger partial charge on any atom is 0.262 e. The monoisotopic (exact) mass is 424 g/mol. The van der Waals surface area contributed by atoms with E-state index in [-0.39, 0.29) is 35.9 Å². The van der Waals surface area contributed by atoms with Gasteiger partial charge in [-0.15, -0.1) is 0 Å². The van der Waals surface area contributed by atoms with Crippen LogP contribution in [0.2, 0.25) is 0 Å². The van der Waals surface area contributed by atoms with Crippen LogP contribution in [0, 0.1) is 5.82 Å². The minimum atomic E-state index is -3.73. The minimum Gasteiger partial charge on any atom is -0.392 e. The molecule has 1 aliphatic rings. The van der Waals surface area contributed by atoms with Gasteiger partial charge >= 0.3 is 0 Å². The summed E-state index contributed by atoms with van der Waals surface area (Å²) < 4.78 is 42.4. The molecule has 1 aromatic heterocycles. The summed E-state index contributed by atoms with van der Waals surface area (Å²) in [6, 6.07) is 5.98. The number of aryl methyl sites for hydroxylation is 1. The molecule has 2 heterocycles.